The highest BCUT2D eigenvalue weighted by Gasteiger charge is 2.29. The van der Waals surface area contributed by atoms with Gasteiger partial charge in [-0.1, -0.05) is 5.16 Å². The van der Waals surface area contributed by atoms with Crippen molar-refractivity contribution in [2.24, 2.45) is 0 Å². The maximum absolute atomic E-state index is 12.8. The molecule has 1 amide bonds. The zero-order valence-corrected chi connectivity index (χ0v) is 13.7. The van der Waals surface area contributed by atoms with E-state index < -0.39 is 0 Å². The number of fused-ring (bicyclic) bond motifs is 1. The van der Waals surface area contributed by atoms with Gasteiger partial charge in [0.05, 0.1) is 0 Å². The molecule has 0 unspecified atom stereocenters. The summed E-state index contributed by atoms with van der Waals surface area (Å²) in [6.07, 6.45) is 1.85. The van der Waals surface area contributed by atoms with Crippen molar-refractivity contribution < 1.29 is 13.7 Å². The van der Waals surface area contributed by atoms with E-state index in [1.54, 1.807) is 17.9 Å². The van der Waals surface area contributed by atoms with Gasteiger partial charge in [0.1, 0.15) is 5.52 Å². The van der Waals surface area contributed by atoms with Gasteiger partial charge in [0.25, 0.3) is 5.91 Å². The maximum atomic E-state index is 12.8. The van der Waals surface area contributed by atoms with Crippen LogP contribution in [0.4, 0.5) is 0 Å². The second kappa shape index (κ2) is 5.74. The summed E-state index contributed by atoms with van der Waals surface area (Å²) in [5, 5.41) is 3.99. The van der Waals surface area contributed by atoms with E-state index in [0.29, 0.717) is 41.7 Å². The van der Waals surface area contributed by atoms with Crippen LogP contribution >= 0.6 is 0 Å². The number of piperidine rings is 1. The van der Waals surface area contributed by atoms with E-state index in [-0.39, 0.29) is 11.8 Å². The van der Waals surface area contributed by atoms with Gasteiger partial charge in [-0.05, 0) is 31.9 Å². The van der Waals surface area contributed by atoms with Crippen LogP contribution in [-0.4, -0.2) is 39.0 Å². The summed E-state index contributed by atoms with van der Waals surface area (Å²) >= 11 is 0. The quantitative estimate of drug-likeness (QED) is 0.720. The SMILES string of the molecule is Cc1ccc2oc(C(=O)N3CCC[C@H](c4noc(C)n4)C3)cc2n1. The minimum absolute atomic E-state index is 0.102. The molecule has 124 valence electrons. The summed E-state index contributed by atoms with van der Waals surface area (Å²) in [5.41, 5.74) is 2.24. The van der Waals surface area contributed by atoms with E-state index in [4.69, 9.17) is 8.94 Å². The van der Waals surface area contributed by atoms with E-state index in [1.807, 2.05) is 19.1 Å². The normalized spacial score (nSPS) is 18.2. The zero-order chi connectivity index (χ0) is 16.7. The third kappa shape index (κ3) is 2.66. The van der Waals surface area contributed by atoms with Crippen molar-refractivity contribution >= 4 is 17.0 Å². The van der Waals surface area contributed by atoms with Crippen molar-refractivity contribution in [3.63, 3.8) is 0 Å². The van der Waals surface area contributed by atoms with Crippen molar-refractivity contribution in [3.05, 3.63) is 41.4 Å². The maximum Gasteiger partial charge on any atom is 0.289 e. The number of amides is 1. The van der Waals surface area contributed by atoms with Crippen LogP contribution in [0.1, 0.15) is 46.7 Å². The van der Waals surface area contributed by atoms with Crippen molar-refractivity contribution in [1.29, 1.82) is 0 Å². The average molecular weight is 326 g/mol. The minimum atomic E-state index is -0.115. The summed E-state index contributed by atoms with van der Waals surface area (Å²) < 4.78 is 10.7. The molecule has 0 aliphatic carbocycles. The largest absolute Gasteiger partial charge is 0.449 e. The van der Waals surface area contributed by atoms with Gasteiger partial charge in [-0.15, -0.1) is 0 Å². The molecule has 7 nitrogen and oxygen atoms in total. The van der Waals surface area contributed by atoms with Crippen LogP contribution in [0.25, 0.3) is 11.1 Å². The molecule has 3 aromatic rings. The lowest BCUT2D eigenvalue weighted by molar-refractivity contribution is 0.0674. The van der Waals surface area contributed by atoms with Gasteiger partial charge in [0.15, 0.2) is 17.2 Å². The molecule has 0 aromatic carbocycles. The van der Waals surface area contributed by atoms with E-state index >= 15 is 0 Å². The molecule has 1 aliphatic rings. The number of likely N-dealkylation sites (tertiary alicyclic amines) is 1. The van der Waals surface area contributed by atoms with Gasteiger partial charge in [0, 0.05) is 37.7 Å². The van der Waals surface area contributed by atoms with E-state index in [9.17, 15) is 4.79 Å². The molecule has 3 aromatic heterocycles. The van der Waals surface area contributed by atoms with Gasteiger partial charge < -0.3 is 13.8 Å². The number of furan rings is 1. The fraction of sp³-hybridized carbons (Fsp3) is 0.412. The Kier molecular flexibility index (Phi) is 3.55. The summed E-state index contributed by atoms with van der Waals surface area (Å²) in [6.45, 7) is 4.96. The Morgan fingerprint density at radius 2 is 2.17 bits per heavy atom. The van der Waals surface area contributed by atoms with Crippen LogP contribution in [-0.2, 0) is 0 Å². The zero-order valence-electron chi connectivity index (χ0n) is 13.7. The number of aromatic nitrogens is 3. The molecule has 1 fully saturated rings. The highest BCUT2D eigenvalue weighted by Crippen LogP contribution is 2.27. The molecule has 0 bridgehead atoms. The number of hydrogen-bond acceptors (Lipinski definition) is 6. The fourth-order valence-corrected chi connectivity index (χ4v) is 3.14. The number of carbonyl (C=O) groups is 1. The topological polar surface area (TPSA) is 85.3 Å². The van der Waals surface area contributed by atoms with Gasteiger partial charge in [-0.3, -0.25) is 4.79 Å². The predicted molar refractivity (Wildman–Crippen MR) is 85.7 cm³/mol. The molecule has 24 heavy (non-hydrogen) atoms. The molecule has 1 atom stereocenters. The monoisotopic (exact) mass is 326 g/mol. The first kappa shape index (κ1) is 14.9. The molecule has 1 aliphatic heterocycles. The third-order valence-corrected chi connectivity index (χ3v) is 4.34. The first-order valence-corrected chi connectivity index (χ1v) is 8.07. The smallest absolute Gasteiger partial charge is 0.289 e. The molecule has 0 saturated carbocycles. The van der Waals surface area contributed by atoms with Crippen molar-refractivity contribution in [2.75, 3.05) is 13.1 Å². The summed E-state index contributed by atoms with van der Waals surface area (Å²) in [6, 6.07) is 5.43. The van der Waals surface area contributed by atoms with Crippen molar-refractivity contribution in [1.82, 2.24) is 20.0 Å². The molecular weight excluding hydrogens is 308 g/mol. The number of pyridine rings is 1. The standard InChI is InChI=1S/C17H18N4O3/c1-10-5-6-14-13(18-10)8-15(23-14)17(22)21-7-3-4-12(9-21)16-19-11(2)24-20-16/h5-6,8,12H,3-4,7,9H2,1-2H3/t12-/m0/s1. The van der Waals surface area contributed by atoms with Gasteiger partial charge >= 0.3 is 0 Å². The lowest BCUT2D eigenvalue weighted by atomic mass is 9.97. The molecule has 4 heterocycles. The molecular formula is C17H18N4O3. The Labute approximate surface area is 138 Å². The van der Waals surface area contributed by atoms with E-state index in [0.717, 1.165) is 18.5 Å². The van der Waals surface area contributed by atoms with Crippen LogP contribution in [0.2, 0.25) is 0 Å². The van der Waals surface area contributed by atoms with Crippen LogP contribution in [0, 0.1) is 13.8 Å². The second-order valence-electron chi connectivity index (χ2n) is 6.21. The Morgan fingerprint density at radius 1 is 1.29 bits per heavy atom. The highest BCUT2D eigenvalue weighted by atomic mass is 16.5. The first-order valence-electron chi connectivity index (χ1n) is 8.07. The Balaban J connectivity index is 1.56. The van der Waals surface area contributed by atoms with Gasteiger partial charge in [0.2, 0.25) is 5.89 Å². The van der Waals surface area contributed by atoms with Gasteiger partial charge in [-0.25, -0.2) is 4.98 Å². The van der Waals surface area contributed by atoms with E-state index in [2.05, 4.69) is 15.1 Å². The molecule has 0 radical (unpaired) electrons. The van der Waals surface area contributed by atoms with E-state index in [1.165, 1.54) is 0 Å². The number of hydrogen-bond donors (Lipinski definition) is 0. The van der Waals surface area contributed by atoms with Crippen LogP contribution in [0.15, 0.2) is 27.1 Å². The van der Waals surface area contributed by atoms with Gasteiger partial charge in [-0.2, -0.15) is 4.98 Å². The van der Waals surface area contributed by atoms with Crippen LogP contribution < -0.4 is 0 Å². The van der Waals surface area contributed by atoms with Crippen LogP contribution in [0.3, 0.4) is 0 Å². The Bertz CT molecular complexity index is 898. The second-order valence-corrected chi connectivity index (χ2v) is 6.21. The fourth-order valence-electron chi connectivity index (χ4n) is 3.14. The average Bonchev–Trinajstić information content (AvgIpc) is 3.20. The molecule has 0 N–H and O–H groups in total. The number of nitrogens with zero attached hydrogens (tertiary/aromatic N) is 4. The number of aryl methyl sites for hydroxylation is 2. The molecule has 4 rings (SSSR count). The van der Waals surface area contributed by atoms with Crippen molar-refractivity contribution in [3.8, 4) is 0 Å². The number of carbonyl (C=O) groups excluding carboxylic acids is 1. The predicted octanol–water partition coefficient (Wildman–Crippen LogP) is 2.85. The Hall–Kier alpha value is -2.70. The van der Waals surface area contributed by atoms with Crippen molar-refractivity contribution in [2.45, 2.75) is 32.6 Å². The number of rotatable bonds is 2. The molecule has 7 heteroatoms. The molecule has 1 saturated heterocycles. The van der Waals surface area contributed by atoms with Crippen LogP contribution in [0.5, 0.6) is 0 Å². The minimum Gasteiger partial charge on any atom is -0.449 e. The summed E-state index contributed by atoms with van der Waals surface area (Å²) in [5.74, 6) is 1.53. The first-order chi connectivity index (χ1) is 11.6. The molecule has 0 spiro atoms. The third-order valence-electron chi connectivity index (χ3n) is 4.34. The highest BCUT2D eigenvalue weighted by molar-refractivity contribution is 5.95. The summed E-state index contributed by atoms with van der Waals surface area (Å²) in [4.78, 5) is 23.3. The Morgan fingerprint density at radius 3 is 2.96 bits per heavy atom. The lowest BCUT2D eigenvalue weighted by Gasteiger charge is -2.30. The lowest BCUT2D eigenvalue weighted by Crippen LogP contribution is -2.39. The summed E-state index contributed by atoms with van der Waals surface area (Å²) in [7, 11) is 0.